The molecule has 3 rings (SSSR count). The highest BCUT2D eigenvalue weighted by Gasteiger charge is 2.30. The highest BCUT2D eigenvalue weighted by Crippen LogP contribution is 2.30. The highest BCUT2D eigenvalue weighted by atomic mass is 16.5. The van der Waals surface area contributed by atoms with Gasteiger partial charge in [0.05, 0.1) is 13.2 Å². The molecule has 1 atom stereocenters. The normalized spacial score (nSPS) is 16.8. The topological polar surface area (TPSA) is 46.5 Å². The number of nitrogens with zero attached hydrogens (tertiary/aromatic N) is 2. The smallest absolute Gasteiger partial charge is 0.322 e. The molecule has 2 aromatic rings. The average Bonchev–Trinajstić information content (AvgIpc) is 3.04. The van der Waals surface area contributed by atoms with Crippen molar-refractivity contribution in [2.75, 3.05) is 19.0 Å². The first-order valence-corrected chi connectivity index (χ1v) is 8.09. The molecule has 0 saturated heterocycles. The van der Waals surface area contributed by atoms with Gasteiger partial charge in [-0.2, -0.15) is 0 Å². The van der Waals surface area contributed by atoms with Crippen LogP contribution in [0.2, 0.25) is 0 Å². The largest absolute Gasteiger partial charge is 0.497 e. The predicted octanol–water partition coefficient (Wildman–Crippen LogP) is 3.89. The molecule has 1 aliphatic heterocycles. The quantitative estimate of drug-likeness (QED) is 0.931. The van der Waals surface area contributed by atoms with Gasteiger partial charge in [-0.3, -0.25) is 0 Å². The van der Waals surface area contributed by atoms with E-state index in [4.69, 9.17) is 4.74 Å². The number of anilines is 1. The minimum absolute atomic E-state index is 0.0517. The second kappa shape index (κ2) is 6.77. The van der Waals surface area contributed by atoms with Crippen LogP contribution in [0.15, 0.2) is 42.6 Å². The lowest BCUT2D eigenvalue weighted by Crippen LogP contribution is -2.44. The monoisotopic (exact) mass is 313 g/mol. The molecule has 0 bridgehead atoms. The number of nitrogens with one attached hydrogen (secondary N) is 1. The van der Waals surface area contributed by atoms with Crippen molar-refractivity contribution < 1.29 is 9.53 Å². The van der Waals surface area contributed by atoms with Crippen molar-refractivity contribution in [2.24, 2.45) is 0 Å². The van der Waals surface area contributed by atoms with Crippen LogP contribution in [0.25, 0.3) is 0 Å². The standard InChI is InChI=1S/C18H23N3O2/c1-3-6-17-16-9-5-10-20(16)11-12-21(17)18(22)19-14-7-4-8-15(13-14)23-2/h4-5,7-10,13,17H,3,6,11-12H2,1-2H3,(H,19,22). The zero-order chi connectivity index (χ0) is 16.2. The van der Waals surface area contributed by atoms with E-state index in [2.05, 4.69) is 35.1 Å². The summed E-state index contributed by atoms with van der Waals surface area (Å²) in [4.78, 5) is 14.7. The molecular weight excluding hydrogens is 290 g/mol. The zero-order valence-corrected chi connectivity index (χ0v) is 13.7. The van der Waals surface area contributed by atoms with Gasteiger partial charge in [0, 0.05) is 36.7 Å². The number of amides is 2. The van der Waals surface area contributed by atoms with E-state index in [1.165, 1.54) is 5.69 Å². The Morgan fingerprint density at radius 1 is 1.30 bits per heavy atom. The fraction of sp³-hybridized carbons (Fsp3) is 0.389. The summed E-state index contributed by atoms with van der Waals surface area (Å²) in [6, 6.07) is 11.7. The number of ether oxygens (including phenoxy) is 1. The van der Waals surface area contributed by atoms with Crippen LogP contribution in [-0.2, 0) is 6.54 Å². The summed E-state index contributed by atoms with van der Waals surface area (Å²) in [7, 11) is 1.62. The van der Waals surface area contributed by atoms with E-state index < -0.39 is 0 Å². The van der Waals surface area contributed by atoms with Crippen molar-refractivity contribution in [3.63, 3.8) is 0 Å². The van der Waals surface area contributed by atoms with Crippen molar-refractivity contribution in [2.45, 2.75) is 32.4 Å². The molecule has 122 valence electrons. The Morgan fingerprint density at radius 3 is 2.96 bits per heavy atom. The molecule has 1 aliphatic rings. The minimum Gasteiger partial charge on any atom is -0.497 e. The zero-order valence-electron chi connectivity index (χ0n) is 13.7. The van der Waals surface area contributed by atoms with Crippen LogP contribution in [0.5, 0.6) is 5.75 Å². The first-order valence-electron chi connectivity index (χ1n) is 8.09. The molecule has 23 heavy (non-hydrogen) atoms. The van der Waals surface area contributed by atoms with E-state index in [0.29, 0.717) is 0 Å². The van der Waals surface area contributed by atoms with Gasteiger partial charge in [0.1, 0.15) is 5.75 Å². The molecule has 5 nitrogen and oxygen atoms in total. The molecule has 0 aliphatic carbocycles. The predicted molar refractivity (Wildman–Crippen MR) is 90.8 cm³/mol. The third-order valence-corrected chi connectivity index (χ3v) is 4.31. The number of benzene rings is 1. The summed E-state index contributed by atoms with van der Waals surface area (Å²) in [5.41, 5.74) is 1.98. The number of carbonyl (C=O) groups excluding carboxylic acids is 1. The summed E-state index contributed by atoms with van der Waals surface area (Å²) < 4.78 is 7.46. The molecule has 0 fully saturated rings. The SMILES string of the molecule is CCCC1c2cccn2CCN1C(=O)Nc1cccc(OC)c1. The molecule has 2 heterocycles. The van der Waals surface area contributed by atoms with Crippen molar-refractivity contribution in [3.8, 4) is 5.75 Å². The van der Waals surface area contributed by atoms with Crippen LogP contribution in [0.1, 0.15) is 31.5 Å². The fourth-order valence-corrected chi connectivity index (χ4v) is 3.18. The number of fused-ring (bicyclic) bond motifs is 1. The summed E-state index contributed by atoms with van der Waals surface area (Å²) in [5, 5.41) is 3.00. The lowest BCUT2D eigenvalue weighted by Gasteiger charge is -2.37. The fourth-order valence-electron chi connectivity index (χ4n) is 3.18. The number of urea groups is 1. The van der Waals surface area contributed by atoms with Crippen LogP contribution in [-0.4, -0.2) is 29.2 Å². The number of hydrogen-bond acceptors (Lipinski definition) is 2. The van der Waals surface area contributed by atoms with E-state index in [9.17, 15) is 4.79 Å². The third-order valence-electron chi connectivity index (χ3n) is 4.31. The molecular formula is C18H23N3O2. The maximum Gasteiger partial charge on any atom is 0.322 e. The summed E-state index contributed by atoms with van der Waals surface area (Å²) in [6.45, 7) is 3.72. The lowest BCUT2D eigenvalue weighted by atomic mass is 10.0. The average molecular weight is 313 g/mol. The van der Waals surface area contributed by atoms with Gasteiger partial charge in [-0.05, 0) is 30.7 Å². The van der Waals surface area contributed by atoms with Gasteiger partial charge in [-0.1, -0.05) is 19.4 Å². The molecule has 2 amide bonds. The Bertz CT molecular complexity index is 680. The first kappa shape index (κ1) is 15.5. The molecule has 1 N–H and O–H groups in total. The Morgan fingerprint density at radius 2 is 2.17 bits per heavy atom. The van der Waals surface area contributed by atoms with Crippen LogP contribution < -0.4 is 10.1 Å². The van der Waals surface area contributed by atoms with Crippen LogP contribution in [0.3, 0.4) is 0 Å². The summed E-state index contributed by atoms with van der Waals surface area (Å²) >= 11 is 0. The van der Waals surface area contributed by atoms with Crippen molar-refractivity contribution in [1.29, 1.82) is 0 Å². The Labute approximate surface area is 136 Å². The Kier molecular flexibility index (Phi) is 4.55. The maximum atomic E-state index is 12.7. The molecule has 1 unspecified atom stereocenters. The van der Waals surface area contributed by atoms with Gasteiger partial charge < -0.3 is 19.5 Å². The molecule has 0 radical (unpaired) electrons. The molecule has 0 spiro atoms. The van der Waals surface area contributed by atoms with E-state index >= 15 is 0 Å². The van der Waals surface area contributed by atoms with Crippen molar-refractivity contribution in [1.82, 2.24) is 9.47 Å². The summed E-state index contributed by atoms with van der Waals surface area (Å²) in [5.74, 6) is 0.737. The second-order valence-electron chi connectivity index (χ2n) is 5.79. The minimum atomic E-state index is -0.0517. The van der Waals surface area contributed by atoms with Crippen LogP contribution >= 0.6 is 0 Å². The number of hydrogen-bond donors (Lipinski definition) is 1. The second-order valence-corrected chi connectivity index (χ2v) is 5.79. The third kappa shape index (κ3) is 3.18. The van der Waals surface area contributed by atoms with Gasteiger partial charge in [0.25, 0.3) is 0 Å². The van der Waals surface area contributed by atoms with E-state index in [1.54, 1.807) is 7.11 Å². The summed E-state index contributed by atoms with van der Waals surface area (Å²) in [6.07, 6.45) is 4.10. The molecule has 1 aromatic heterocycles. The van der Waals surface area contributed by atoms with E-state index in [0.717, 1.165) is 37.4 Å². The highest BCUT2D eigenvalue weighted by molar-refractivity contribution is 5.89. The molecule has 0 saturated carbocycles. The number of carbonyl (C=O) groups is 1. The van der Waals surface area contributed by atoms with Crippen LogP contribution in [0, 0.1) is 0 Å². The van der Waals surface area contributed by atoms with Gasteiger partial charge in [-0.15, -0.1) is 0 Å². The number of methoxy groups -OCH3 is 1. The lowest BCUT2D eigenvalue weighted by molar-refractivity contribution is 0.163. The van der Waals surface area contributed by atoms with Gasteiger partial charge in [0.15, 0.2) is 0 Å². The van der Waals surface area contributed by atoms with Gasteiger partial charge in [-0.25, -0.2) is 4.79 Å². The number of aromatic nitrogens is 1. The van der Waals surface area contributed by atoms with Crippen molar-refractivity contribution in [3.05, 3.63) is 48.3 Å². The van der Waals surface area contributed by atoms with Gasteiger partial charge >= 0.3 is 6.03 Å². The van der Waals surface area contributed by atoms with Crippen LogP contribution in [0.4, 0.5) is 10.5 Å². The molecule has 1 aromatic carbocycles. The Balaban J connectivity index is 1.78. The molecule has 5 heteroatoms. The Hall–Kier alpha value is -2.43. The van der Waals surface area contributed by atoms with E-state index in [-0.39, 0.29) is 12.1 Å². The number of rotatable bonds is 4. The first-order chi connectivity index (χ1) is 11.2. The van der Waals surface area contributed by atoms with Gasteiger partial charge in [0.2, 0.25) is 0 Å². The maximum absolute atomic E-state index is 12.7. The van der Waals surface area contributed by atoms with E-state index in [1.807, 2.05) is 29.2 Å². The van der Waals surface area contributed by atoms with Crippen molar-refractivity contribution >= 4 is 11.7 Å².